The molecule has 0 aromatic heterocycles. The Hall–Kier alpha value is -0.393. The molecule has 1 N–H and O–H groups in total. The number of hydrogen-bond acceptors (Lipinski definition) is 2. The maximum absolute atomic E-state index is 13.4. The normalized spacial score (nSPS) is 22.9. The van der Waals surface area contributed by atoms with Gasteiger partial charge in [-0.15, -0.1) is 0 Å². The summed E-state index contributed by atoms with van der Waals surface area (Å²) in [5.41, 5.74) is 0.953. The lowest BCUT2D eigenvalue weighted by Gasteiger charge is -2.43. The summed E-state index contributed by atoms with van der Waals surface area (Å²) in [5.74, 6) is -0.228. The van der Waals surface area contributed by atoms with Crippen molar-refractivity contribution in [2.24, 2.45) is 0 Å². The lowest BCUT2D eigenvalue weighted by molar-refractivity contribution is 0.124. The number of halogens is 2. The van der Waals surface area contributed by atoms with E-state index in [4.69, 9.17) is 4.43 Å². The molecule has 1 aliphatic rings. The molecule has 1 aromatic rings. The van der Waals surface area contributed by atoms with Gasteiger partial charge in [0.2, 0.25) is 0 Å². The average molecular weight is 402 g/mol. The SMILES string of the molecule is CC(C)(C)[Si](C)(C)O[C@@H]1CCCC[C@H]1Nc1ccc(F)c(Br)c1. The van der Waals surface area contributed by atoms with E-state index in [0.29, 0.717) is 10.5 Å². The van der Waals surface area contributed by atoms with Crippen LogP contribution in [0.3, 0.4) is 0 Å². The maximum atomic E-state index is 13.4. The first kappa shape index (κ1) is 18.9. The Kier molecular flexibility index (Phi) is 5.96. The van der Waals surface area contributed by atoms with E-state index in [1.54, 1.807) is 6.07 Å². The summed E-state index contributed by atoms with van der Waals surface area (Å²) in [5, 5.41) is 3.79. The van der Waals surface area contributed by atoms with E-state index in [1.165, 1.54) is 18.9 Å². The van der Waals surface area contributed by atoms with Crippen LogP contribution < -0.4 is 5.32 Å². The fourth-order valence-electron chi connectivity index (χ4n) is 2.76. The van der Waals surface area contributed by atoms with Crippen LogP contribution in [-0.2, 0) is 4.43 Å². The molecule has 0 amide bonds. The fourth-order valence-corrected chi connectivity index (χ4v) is 4.53. The minimum atomic E-state index is -1.78. The monoisotopic (exact) mass is 401 g/mol. The first-order valence-corrected chi connectivity index (χ1v) is 12.2. The van der Waals surface area contributed by atoms with Crippen molar-refractivity contribution in [3.05, 3.63) is 28.5 Å². The van der Waals surface area contributed by atoms with Crippen LogP contribution in [0.1, 0.15) is 46.5 Å². The smallest absolute Gasteiger partial charge is 0.192 e. The van der Waals surface area contributed by atoms with Crippen LogP contribution in [0.4, 0.5) is 10.1 Å². The molecule has 1 fully saturated rings. The highest BCUT2D eigenvalue weighted by atomic mass is 79.9. The Bertz CT molecular complexity index is 544. The van der Waals surface area contributed by atoms with Gasteiger partial charge in [-0.2, -0.15) is 0 Å². The van der Waals surface area contributed by atoms with Gasteiger partial charge in [-0.3, -0.25) is 0 Å². The van der Waals surface area contributed by atoms with Gasteiger partial charge in [0.1, 0.15) is 5.82 Å². The van der Waals surface area contributed by atoms with Gasteiger partial charge in [0.25, 0.3) is 0 Å². The lowest BCUT2D eigenvalue weighted by Crippen LogP contribution is -2.49. The van der Waals surface area contributed by atoms with E-state index in [2.05, 4.69) is 55.1 Å². The Morgan fingerprint density at radius 2 is 1.87 bits per heavy atom. The summed E-state index contributed by atoms with van der Waals surface area (Å²) in [7, 11) is -1.78. The van der Waals surface area contributed by atoms with E-state index in [9.17, 15) is 4.39 Å². The molecule has 0 aliphatic heterocycles. The highest BCUT2D eigenvalue weighted by Gasteiger charge is 2.41. The number of nitrogens with one attached hydrogen (secondary N) is 1. The van der Waals surface area contributed by atoms with Crippen molar-refractivity contribution < 1.29 is 8.82 Å². The van der Waals surface area contributed by atoms with Crippen LogP contribution in [-0.4, -0.2) is 20.5 Å². The van der Waals surface area contributed by atoms with Gasteiger partial charge in [-0.05, 0) is 65.1 Å². The molecule has 0 bridgehead atoms. The van der Waals surface area contributed by atoms with Crippen molar-refractivity contribution in [3.63, 3.8) is 0 Å². The molecule has 23 heavy (non-hydrogen) atoms. The van der Waals surface area contributed by atoms with Crippen LogP contribution >= 0.6 is 15.9 Å². The van der Waals surface area contributed by atoms with E-state index in [-0.39, 0.29) is 17.0 Å². The van der Waals surface area contributed by atoms with Crippen molar-refractivity contribution in [2.75, 3.05) is 5.32 Å². The molecule has 0 heterocycles. The maximum Gasteiger partial charge on any atom is 0.192 e. The molecule has 0 spiro atoms. The third-order valence-electron chi connectivity index (χ3n) is 5.23. The summed E-state index contributed by atoms with van der Waals surface area (Å²) in [4.78, 5) is 0. The van der Waals surface area contributed by atoms with Crippen LogP contribution in [0, 0.1) is 5.82 Å². The van der Waals surface area contributed by atoms with Crippen molar-refractivity contribution >= 4 is 29.9 Å². The van der Waals surface area contributed by atoms with Crippen molar-refractivity contribution in [3.8, 4) is 0 Å². The standard InChI is InChI=1S/C18H29BrFNOSi/c1-18(2,3)23(4,5)22-17-9-7-6-8-16(17)21-13-10-11-15(20)14(19)12-13/h10-12,16-17,21H,6-9H2,1-5H3/t16-,17-/m1/s1. The molecule has 2 nitrogen and oxygen atoms in total. The van der Waals surface area contributed by atoms with Gasteiger partial charge >= 0.3 is 0 Å². The van der Waals surface area contributed by atoms with Gasteiger partial charge < -0.3 is 9.74 Å². The number of anilines is 1. The van der Waals surface area contributed by atoms with E-state index in [0.717, 1.165) is 18.5 Å². The third kappa shape index (κ3) is 4.80. The minimum Gasteiger partial charge on any atom is -0.412 e. The summed E-state index contributed by atoms with van der Waals surface area (Å²) >= 11 is 3.26. The Labute approximate surface area is 149 Å². The molecular formula is C18H29BrFNOSi. The summed E-state index contributed by atoms with van der Waals surface area (Å²) < 4.78 is 20.6. The first-order chi connectivity index (χ1) is 10.6. The van der Waals surface area contributed by atoms with E-state index in [1.807, 2.05) is 6.07 Å². The molecule has 0 saturated heterocycles. The predicted octanol–water partition coefficient (Wildman–Crippen LogP) is 6.33. The van der Waals surface area contributed by atoms with Crippen molar-refractivity contribution in [2.45, 2.75) is 76.7 Å². The zero-order chi connectivity index (χ0) is 17.3. The molecular weight excluding hydrogens is 373 g/mol. The summed E-state index contributed by atoms with van der Waals surface area (Å²) in [6.45, 7) is 11.5. The third-order valence-corrected chi connectivity index (χ3v) is 10.3. The predicted molar refractivity (Wildman–Crippen MR) is 102 cm³/mol. The Morgan fingerprint density at radius 3 is 2.48 bits per heavy atom. The van der Waals surface area contributed by atoms with Crippen LogP contribution in [0.2, 0.25) is 18.1 Å². The van der Waals surface area contributed by atoms with Gasteiger partial charge in [0.05, 0.1) is 16.6 Å². The first-order valence-electron chi connectivity index (χ1n) is 8.49. The van der Waals surface area contributed by atoms with Crippen molar-refractivity contribution in [1.29, 1.82) is 0 Å². The van der Waals surface area contributed by atoms with Gasteiger partial charge in [0, 0.05) is 5.69 Å². The molecule has 0 unspecified atom stereocenters. The van der Waals surface area contributed by atoms with Crippen LogP contribution in [0.5, 0.6) is 0 Å². The molecule has 130 valence electrons. The lowest BCUT2D eigenvalue weighted by atomic mass is 9.92. The molecule has 5 heteroatoms. The largest absolute Gasteiger partial charge is 0.412 e. The molecule has 0 radical (unpaired) electrons. The second-order valence-corrected chi connectivity index (χ2v) is 13.7. The van der Waals surface area contributed by atoms with E-state index >= 15 is 0 Å². The van der Waals surface area contributed by atoms with Gasteiger partial charge in [-0.1, -0.05) is 33.6 Å². The highest BCUT2D eigenvalue weighted by molar-refractivity contribution is 9.10. The molecule has 1 aromatic carbocycles. The van der Waals surface area contributed by atoms with Crippen molar-refractivity contribution in [1.82, 2.24) is 0 Å². The number of benzene rings is 1. The minimum absolute atomic E-state index is 0.216. The number of rotatable bonds is 4. The summed E-state index contributed by atoms with van der Waals surface area (Å²) in [6, 6.07) is 5.42. The average Bonchev–Trinajstić information content (AvgIpc) is 2.43. The fraction of sp³-hybridized carbons (Fsp3) is 0.667. The van der Waals surface area contributed by atoms with Gasteiger partial charge in [0.15, 0.2) is 8.32 Å². The molecule has 2 atom stereocenters. The second-order valence-electron chi connectivity index (χ2n) is 8.08. The molecule has 1 saturated carbocycles. The zero-order valence-electron chi connectivity index (χ0n) is 14.9. The zero-order valence-corrected chi connectivity index (χ0v) is 17.5. The van der Waals surface area contributed by atoms with Gasteiger partial charge in [-0.25, -0.2) is 4.39 Å². The number of hydrogen-bond donors (Lipinski definition) is 1. The molecule has 1 aliphatic carbocycles. The Morgan fingerprint density at radius 1 is 1.22 bits per heavy atom. The topological polar surface area (TPSA) is 21.3 Å². The van der Waals surface area contributed by atoms with Crippen LogP contribution in [0.15, 0.2) is 22.7 Å². The van der Waals surface area contributed by atoms with E-state index < -0.39 is 8.32 Å². The highest BCUT2D eigenvalue weighted by Crippen LogP contribution is 2.39. The van der Waals surface area contributed by atoms with Crippen LogP contribution in [0.25, 0.3) is 0 Å². The second kappa shape index (κ2) is 7.24. The summed E-state index contributed by atoms with van der Waals surface area (Å²) in [6.07, 6.45) is 4.90. The molecule has 2 rings (SSSR count). The quantitative estimate of drug-likeness (QED) is 0.594. The Balaban J connectivity index is 2.10.